The second-order valence-corrected chi connectivity index (χ2v) is 7.26. The molecule has 3 heteroatoms. The van der Waals surface area contributed by atoms with Crippen LogP contribution >= 0.6 is 11.6 Å². The van der Waals surface area contributed by atoms with Crippen molar-refractivity contribution in [3.8, 4) is 5.75 Å². The maximum Gasteiger partial charge on any atom is 0.170 e. The number of Topliss-reactive ketones (excluding diaryl/α,β-unsaturated/α-hetero) is 1. The Balaban J connectivity index is 1.77. The van der Waals surface area contributed by atoms with E-state index in [1.807, 2.05) is 36.4 Å². The molecule has 2 atom stereocenters. The average molecular weight is 363 g/mol. The van der Waals surface area contributed by atoms with Crippen LogP contribution in [0.5, 0.6) is 5.75 Å². The largest absolute Gasteiger partial charge is 0.507 e. The predicted octanol–water partition coefficient (Wildman–Crippen LogP) is 5.43. The van der Waals surface area contributed by atoms with Crippen molar-refractivity contribution in [3.05, 3.63) is 100 Å². The zero-order valence-electron chi connectivity index (χ0n) is 14.2. The van der Waals surface area contributed by atoms with Gasteiger partial charge in [-0.15, -0.1) is 0 Å². The predicted molar refractivity (Wildman–Crippen MR) is 104 cm³/mol. The Labute approximate surface area is 158 Å². The van der Waals surface area contributed by atoms with Crippen molar-refractivity contribution in [3.63, 3.8) is 0 Å². The van der Waals surface area contributed by atoms with Gasteiger partial charge in [0.2, 0.25) is 0 Å². The molecule has 4 rings (SSSR count). The number of carbonyl (C=O) groups is 1. The van der Waals surface area contributed by atoms with Gasteiger partial charge in [0.1, 0.15) is 5.75 Å². The highest BCUT2D eigenvalue weighted by Crippen LogP contribution is 2.40. The molecule has 0 spiro atoms. The zero-order valence-corrected chi connectivity index (χ0v) is 15.0. The molecule has 130 valence electrons. The van der Waals surface area contributed by atoms with Gasteiger partial charge in [0, 0.05) is 10.9 Å². The Kier molecular flexibility index (Phi) is 4.52. The summed E-state index contributed by atoms with van der Waals surface area (Å²) >= 11 is 6.05. The molecule has 0 amide bonds. The zero-order chi connectivity index (χ0) is 18.1. The molecule has 3 aromatic carbocycles. The van der Waals surface area contributed by atoms with Crippen LogP contribution in [0.25, 0.3) is 0 Å². The third-order valence-corrected chi connectivity index (χ3v) is 5.54. The average Bonchev–Trinajstić information content (AvgIpc) is 2.67. The molecule has 1 aliphatic rings. The minimum Gasteiger partial charge on any atom is -0.507 e. The van der Waals surface area contributed by atoms with Gasteiger partial charge in [-0.25, -0.2) is 0 Å². The highest BCUT2D eigenvalue weighted by atomic mass is 35.5. The van der Waals surface area contributed by atoms with Crippen molar-refractivity contribution in [1.82, 2.24) is 0 Å². The van der Waals surface area contributed by atoms with Crippen molar-refractivity contribution >= 4 is 17.4 Å². The van der Waals surface area contributed by atoms with Crippen LogP contribution in [0.15, 0.2) is 72.8 Å². The number of benzene rings is 3. The van der Waals surface area contributed by atoms with Crippen LogP contribution in [-0.4, -0.2) is 10.9 Å². The van der Waals surface area contributed by atoms with Gasteiger partial charge in [0.15, 0.2) is 5.78 Å². The van der Waals surface area contributed by atoms with Gasteiger partial charge in [-0.1, -0.05) is 60.1 Å². The second-order valence-electron chi connectivity index (χ2n) is 6.82. The molecule has 0 saturated carbocycles. The summed E-state index contributed by atoms with van der Waals surface area (Å²) in [5.41, 5.74) is 4.01. The first-order valence-corrected chi connectivity index (χ1v) is 9.16. The van der Waals surface area contributed by atoms with E-state index in [-0.39, 0.29) is 23.4 Å². The number of para-hydroxylation sites is 1. The van der Waals surface area contributed by atoms with Gasteiger partial charge >= 0.3 is 0 Å². The summed E-state index contributed by atoms with van der Waals surface area (Å²) in [5, 5.41) is 10.9. The quantitative estimate of drug-likeness (QED) is 0.631. The molecule has 1 N–H and O–H groups in total. The number of rotatable bonds is 3. The van der Waals surface area contributed by atoms with Crippen molar-refractivity contribution in [2.24, 2.45) is 5.92 Å². The normalized spacial score (nSPS) is 19.0. The van der Waals surface area contributed by atoms with Crippen LogP contribution in [0, 0.1) is 5.92 Å². The summed E-state index contributed by atoms with van der Waals surface area (Å²) in [4.78, 5) is 13.3. The van der Waals surface area contributed by atoms with Crippen LogP contribution in [0.3, 0.4) is 0 Å². The third-order valence-electron chi connectivity index (χ3n) is 5.29. The van der Waals surface area contributed by atoms with Crippen molar-refractivity contribution in [2.45, 2.75) is 18.8 Å². The fourth-order valence-corrected chi connectivity index (χ4v) is 4.06. The van der Waals surface area contributed by atoms with Crippen LogP contribution < -0.4 is 0 Å². The second kappa shape index (κ2) is 6.97. The first-order valence-electron chi connectivity index (χ1n) is 8.78. The van der Waals surface area contributed by atoms with E-state index in [1.54, 1.807) is 24.3 Å². The maximum absolute atomic E-state index is 13.3. The van der Waals surface area contributed by atoms with E-state index in [0.29, 0.717) is 17.0 Å². The van der Waals surface area contributed by atoms with E-state index < -0.39 is 0 Å². The van der Waals surface area contributed by atoms with Gasteiger partial charge in [-0.3, -0.25) is 4.79 Å². The molecule has 0 fully saturated rings. The molecular weight excluding hydrogens is 344 g/mol. The van der Waals surface area contributed by atoms with E-state index in [1.165, 1.54) is 11.1 Å². The summed E-state index contributed by atoms with van der Waals surface area (Å²) in [6.45, 7) is 0. The van der Waals surface area contributed by atoms with E-state index in [9.17, 15) is 9.90 Å². The van der Waals surface area contributed by atoms with Gasteiger partial charge in [0.25, 0.3) is 0 Å². The number of hydrogen-bond donors (Lipinski definition) is 1. The lowest BCUT2D eigenvalue weighted by atomic mass is 9.70. The lowest BCUT2D eigenvalue weighted by molar-refractivity contribution is 0.0890. The maximum atomic E-state index is 13.3. The molecule has 0 radical (unpaired) electrons. The topological polar surface area (TPSA) is 37.3 Å². The number of carbonyl (C=O) groups excluding carboxylic acids is 1. The summed E-state index contributed by atoms with van der Waals surface area (Å²) in [7, 11) is 0. The molecule has 2 nitrogen and oxygen atoms in total. The summed E-state index contributed by atoms with van der Waals surface area (Å²) < 4.78 is 0. The summed E-state index contributed by atoms with van der Waals surface area (Å²) in [5.74, 6) is -0.0996. The van der Waals surface area contributed by atoms with Gasteiger partial charge in [-0.2, -0.15) is 0 Å². The molecular formula is C23H19ClO2. The number of hydrogen-bond acceptors (Lipinski definition) is 2. The number of phenols is 1. The Morgan fingerprint density at radius 2 is 1.46 bits per heavy atom. The number of halogens is 1. The summed E-state index contributed by atoms with van der Waals surface area (Å²) in [6.07, 6.45) is 1.48. The lowest BCUT2D eigenvalue weighted by Gasteiger charge is -2.33. The van der Waals surface area contributed by atoms with E-state index in [0.717, 1.165) is 12.0 Å². The van der Waals surface area contributed by atoms with Gasteiger partial charge in [-0.05, 0) is 59.7 Å². The molecule has 0 saturated heterocycles. The Morgan fingerprint density at radius 1 is 0.846 bits per heavy atom. The Morgan fingerprint density at radius 3 is 2.15 bits per heavy atom. The molecule has 0 heterocycles. The third kappa shape index (κ3) is 3.13. The number of aromatic hydroxyl groups is 1. The number of phenolic OH excluding ortho intramolecular Hbond substituents is 1. The van der Waals surface area contributed by atoms with Gasteiger partial charge < -0.3 is 5.11 Å². The number of ketones is 1. The smallest absolute Gasteiger partial charge is 0.170 e. The molecule has 1 aliphatic carbocycles. The van der Waals surface area contributed by atoms with Crippen LogP contribution in [0.2, 0.25) is 5.02 Å². The molecule has 0 aliphatic heterocycles. The molecule has 0 unspecified atom stereocenters. The Bertz CT molecular complexity index is 946. The van der Waals surface area contributed by atoms with Gasteiger partial charge in [0.05, 0.1) is 5.56 Å². The fourth-order valence-electron chi connectivity index (χ4n) is 3.93. The highest BCUT2D eigenvalue weighted by Gasteiger charge is 2.35. The van der Waals surface area contributed by atoms with E-state index in [4.69, 9.17) is 11.6 Å². The van der Waals surface area contributed by atoms with Crippen LogP contribution in [0.4, 0.5) is 0 Å². The first-order chi connectivity index (χ1) is 12.6. The standard InChI is InChI=1S/C23H19ClO2/c24-18-11-9-15(10-12-18)20-13-16-5-1-2-6-17(16)14-21(20)23(26)19-7-3-4-8-22(19)25/h1-12,20-21,25H,13-14H2/t20-,21+/m0/s1. The molecule has 0 bridgehead atoms. The number of fused-ring (bicyclic) bond motifs is 1. The lowest BCUT2D eigenvalue weighted by Crippen LogP contribution is -2.30. The monoisotopic (exact) mass is 362 g/mol. The van der Waals surface area contributed by atoms with E-state index in [2.05, 4.69) is 12.1 Å². The minimum absolute atomic E-state index is 0.00227. The SMILES string of the molecule is O=C(c1ccccc1O)[C@@H]1Cc2ccccc2C[C@H]1c1ccc(Cl)cc1. The van der Waals surface area contributed by atoms with Crippen molar-refractivity contribution < 1.29 is 9.90 Å². The van der Waals surface area contributed by atoms with Crippen molar-refractivity contribution in [2.75, 3.05) is 0 Å². The molecule has 26 heavy (non-hydrogen) atoms. The summed E-state index contributed by atoms with van der Waals surface area (Å²) in [6, 6.07) is 22.9. The van der Waals surface area contributed by atoms with E-state index >= 15 is 0 Å². The Hall–Kier alpha value is -2.58. The highest BCUT2D eigenvalue weighted by molar-refractivity contribution is 6.30. The molecule has 3 aromatic rings. The molecule has 0 aromatic heterocycles. The fraction of sp³-hybridized carbons (Fsp3) is 0.174. The van der Waals surface area contributed by atoms with Crippen LogP contribution in [0.1, 0.15) is 33.0 Å². The van der Waals surface area contributed by atoms with Crippen molar-refractivity contribution in [1.29, 1.82) is 0 Å². The first kappa shape index (κ1) is 16.9. The minimum atomic E-state index is -0.209. The van der Waals surface area contributed by atoms with Crippen LogP contribution in [-0.2, 0) is 12.8 Å².